The van der Waals surface area contributed by atoms with Gasteiger partial charge in [0, 0.05) is 11.9 Å². The summed E-state index contributed by atoms with van der Waals surface area (Å²) in [5, 5.41) is 5.12. The van der Waals surface area contributed by atoms with E-state index in [9.17, 15) is 18.0 Å². The molecular formula is C21H15ClF3N5O3. The molecule has 0 unspecified atom stereocenters. The minimum atomic E-state index is -4.56. The highest BCUT2D eigenvalue weighted by atomic mass is 35.5. The molecule has 0 atom stereocenters. The van der Waals surface area contributed by atoms with Crippen LogP contribution in [0.1, 0.15) is 5.56 Å². The van der Waals surface area contributed by atoms with Gasteiger partial charge in [0.2, 0.25) is 0 Å². The molecule has 0 spiro atoms. The first-order valence-electron chi connectivity index (χ1n) is 9.34. The molecule has 8 nitrogen and oxygen atoms in total. The molecule has 0 radical (unpaired) electrons. The van der Waals surface area contributed by atoms with Gasteiger partial charge in [0.05, 0.1) is 23.9 Å². The highest BCUT2D eigenvalue weighted by Crippen LogP contribution is 2.35. The highest BCUT2D eigenvalue weighted by molar-refractivity contribution is 6.33. The fourth-order valence-corrected chi connectivity index (χ4v) is 3.11. The number of hydrogen-bond acceptors (Lipinski definition) is 5. The Kier molecular flexibility index (Phi) is 5.97. The molecule has 4 aromatic rings. The minimum absolute atomic E-state index is 0.0861. The summed E-state index contributed by atoms with van der Waals surface area (Å²) in [5.41, 5.74) is 0.465. The van der Waals surface area contributed by atoms with Gasteiger partial charge in [-0.1, -0.05) is 11.6 Å². The summed E-state index contributed by atoms with van der Waals surface area (Å²) in [6, 6.07) is 10.2. The van der Waals surface area contributed by atoms with Gasteiger partial charge in [-0.2, -0.15) is 18.2 Å². The number of nitrogens with one attached hydrogen (secondary N) is 3. The van der Waals surface area contributed by atoms with Gasteiger partial charge in [0.15, 0.2) is 5.15 Å². The first-order valence-corrected chi connectivity index (χ1v) is 9.72. The number of H-pyrrole nitrogens is 1. The second-order valence-corrected chi connectivity index (χ2v) is 7.02. The largest absolute Gasteiger partial charge is 0.495 e. The van der Waals surface area contributed by atoms with Crippen LogP contribution in [-0.2, 0) is 6.18 Å². The molecule has 0 bridgehead atoms. The Hall–Kier alpha value is -3.99. The smallest absolute Gasteiger partial charge is 0.416 e. The lowest BCUT2D eigenvalue weighted by Gasteiger charge is -2.14. The fraction of sp³-hybridized carbons (Fsp3) is 0.0952. The second kappa shape index (κ2) is 8.87. The second-order valence-electron chi connectivity index (χ2n) is 6.66. The third-order valence-electron chi connectivity index (χ3n) is 4.44. The van der Waals surface area contributed by atoms with Crippen molar-refractivity contribution in [1.29, 1.82) is 0 Å². The summed E-state index contributed by atoms with van der Waals surface area (Å²) in [6.07, 6.45) is -3.02. The van der Waals surface area contributed by atoms with Crippen LogP contribution >= 0.6 is 11.6 Å². The normalized spacial score (nSPS) is 11.3. The fourth-order valence-electron chi connectivity index (χ4n) is 2.91. The summed E-state index contributed by atoms with van der Waals surface area (Å²) in [7, 11) is 1.29. The van der Waals surface area contributed by atoms with Gasteiger partial charge in [-0.25, -0.2) is 9.78 Å². The number of anilines is 2. The molecule has 170 valence electrons. The zero-order chi connectivity index (χ0) is 23.6. The van der Waals surface area contributed by atoms with Crippen LogP contribution in [0.15, 0.2) is 54.7 Å². The van der Waals surface area contributed by atoms with Crippen molar-refractivity contribution < 1.29 is 27.4 Å². The molecule has 3 N–H and O–H groups in total. The maximum Gasteiger partial charge on any atom is 0.416 e. The topological polar surface area (TPSA) is 101 Å². The minimum Gasteiger partial charge on any atom is -0.495 e. The van der Waals surface area contributed by atoms with Gasteiger partial charge in [-0.05, 0) is 48.5 Å². The summed E-state index contributed by atoms with van der Waals surface area (Å²) in [5.74, 6) is 0.506. The molecule has 2 aromatic carbocycles. The van der Waals surface area contributed by atoms with Crippen molar-refractivity contribution in [3.63, 3.8) is 0 Å². The van der Waals surface area contributed by atoms with Crippen LogP contribution in [0.25, 0.3) is 11.0 Å². The average Bonchev–Trinajstić information content (AvgIpc) is 3.18. The number of fused-ring (bicyclic) bond motifs is 1. The molecule has 0 saturated carbocycles. The van der Waals surface area contributed by atoms with Crippen molar-refractivity contribution in [1.82, 2.24) is 15.0 Å². The van der Waals surface area contributed by atoms with E-state index in [1.807, 2.05) is 0 Å². The number of halogens is 4. The maximum atomic E-state index is 13.0. The number of hydrogen-bond donors (Lipinski definition) is 3. The number of imidazole rings is 1. The van der Waals surface area contributed by atoms with E-state index in [1.165, 1.54) is 13.3 Å². The first kappa shape index (κ1) is 22.2. The lowest BCUT2D eigenvalue weighted by atomic mass is 10.2. The molecule has 0 saturated heterocycles. The van der Waals surface area contributed by atoms with Gasteiger partial charge >= 0.3 is 12.2 Å². The molecular weight excluding hydrogens is 463 g/mol. The molecule has 0 aliphatic heterocycles. The quantitative estimate of drug-likeness (QED) is 0.303. The number of nitrogens with zero attached hydrogens (tertiary/aromatic N) is 2. The van der Waals surface area contributed by atoms with Crippen LogP contribution in [0.3, 0.4) is 0 Å². The van der Waals surface area contributed by atoms with Crippen molar-refractivity contribution >= 4 is 40.0 Å². The van der Waals surface area contributed by atoms with Crippen LogP contribution in [0.2, 0.25) is 5.15 Å². The first-order chi connectivity index (χ1) is 15.7. The van der Waals surface area contributed by atoms with Crippen LogP contribution in [0.5, 0.6) is 17.5 Å². The summed E-state index contributed by atoms with van der Waals surface area (Å²) in [4.78, 5) is 23.4. The third-order valence-corrected chi connectivity index (χ3v) is 4.71. The van der Waals surface area contributed by atoms with Gasteiger partial charge < -0.3 is 25.1 Å². The highest BCUT2D eigenvalue weighted by Gasteiger charge is 2.31. The van der Waals surface area contributed by atoms with Crippen molar-refractivity contribution in [2.24, 2.45) is 0 Å². The van der Waals surface area contributed by atoms with Crippen molar-refractivity contribution in [2.45, 2.75) is 6.18 Å². The van der Waals surface area contributed by atoms with E-state index in [-0.39, 0.29) is 22.6 Å². The van der Waals surface area contributed by atoms with Crippen LogP contribution in [0.4, 0.5) is 29.3 Å². The van der Waals surface area contributed by atoms with E-state index in [0.29, 0.717) is 22.5 Å². The molecule has 0 aliphatic carbocycles. The Labute approximate surface area is 189 Å². The lowest BCUT2D eigenvalue weighted by molar-refractivity contribution is -0.137. The summed E-state index contributed by atoms with van der Waals surface area (Å²) < 4.78 is 49.6. The van der Waals surface area contributed by atoms with Gasteiger partial charge in [-0.15, -0.1) is 0 Å². The number of carbonyl (C=O) groups excluding carboxylic acids is 1. The number of amides is 2. The number of rotatable bonds is 5. The van der Waals surface area contributed by atoms with E-state index >= 15 is 0 Å². The molecule has 33 heavy (non-hydrogen) atoms. The Morgan fingerprint density at radius 1 is 1.09 bits per heavy atom. The summed E-state index contributed by atoms with van der Waals surface area (Å²) in [6.45, 7) is 0. The number of urea groups is 1. The molecule has 2 amide bonds. The van der Waals surface area contributed by atoms with Crippen LogP contribution in [0, 0.1) is 0 Å². The zero-order valence-corrected chi connectivity index (χ0v) is 17.6. The van der Waals surface area contributed by atoms with E-state index in [4.69, 9.17) is 21.1 Å². The molecule has 0 aliphatic rings. The number of ether oxygens (including phenoxy) is 2. The number of aromatic amines is 1. The third kappa shape index (κ3) is 5.09. The van der Waals surface area contributed by atoms with Crippen molar-refractivity contribution in [3.05, 3.63) is 65.4 Å². The number of methoxy groups -OCH3 is 1. The maximum absolute atomic E-state index is 13.0. The van der Waals surface area contributed by atoms with E-state index in [1.54, 1.807) is 30.3 Å². The van der Waals surface area contributed by atoms with Crippen molar-refractivity contribution in [3.8, 4) is 17.5 Å². The van der Waals surface area contributed by atoms with Crippen LogP contribution in [-0.4, -0.2) is 28.1 Å². The average molecular weight is 478 g/mol. The zero-order valence-electron chi connectivity index (χ0n) is 16.8. The Morgan fingerprint density at radius 3 is 2.52 bits per heavy atom. The monoisotopic (exact) mass is 477 g/mol. The number of pyridine rings is 1. The van der Waals surface area contributed by atoms with Gasteiger partial charge in [-0.3, -0.25) is 0 Å². The predicted molar refractivity (Wildman–Crippen MR) is 116 cm³/mol. The molecule has 2 aromatic heterocycles. The molecule has 4 rings (SSSR count). The van der Waals surface area contributed by atoms with Gasteiger partial charge in [0.1, 0.15) is 17.0 Å². The Morgan fingerprint density at radius 2 is 1.85 bits per heavy atom. The predicted octanol–water partition coefficient (Wildman–Crippen LogP) is 6.08. The molecule has 0 fully saturated rings. The number of aromatic nitrogens is 3. The van der Waals surface area contributed by atoms with Crippen LogP contribution < -0.4 is 20.1 Å². The number of carbonyl (C=O) groups is 1. The Bertz CT molecular complexity index is 1310. The van der Waals surface area contributed by atoms with Gasteiger partial charge in [0.25, 0.3) is 6.01 Å². The molecule has 12 heteroatoms. The summed E-state index contributed by atoms with van der Waals surface area (Å²) >= 11 is 5.99. The van der Waals surface area contributed by atoms with E-state index in [0.717, 1.165) is 18.2 Å². The lowest BCUT2D eigenvalue weighted by Crippen LogP contribution is -2.20. The molecule has 2 heterocycles. The van der Waals surface area contributed by atoms with E-state index in [2.05, 4.69) is 25.6 Å². The SMILES string of the molecule is COc1ccc(C(F)(F)F)cc1NC(=O)Nc1ccc(Oc2nc3c(Cl)nccc3[nH]2)cc1. The Balaban J connectivity index is 1.42. The van der Waals surface area contributed by atoms with Crippen molar-refractivity contribution in [2.75, 3.05) is 17.7 Å². The number of benzene rings is 2. The standard InChI is InChI=1S/C21H15ClF3N5O3/c1-32-16-7-2-11(21(23,24)25)10-15(16)28-19(31)27-12-3-5-13(6-4-12)33-20-29-14-8-9-26-18(22)17(14)30-20/h2-10H,1H3,(H,29,30)(H2,27,28,31). The number of alkyl halides is 3. The van der Waals surface area contributed by atoms with E-state index < -0.39 is 17.8 Å².